The number of fused-ring (bicyclic) bond motifs is 1. The number of aryl methyl sites for hydroxylation is 3. The number of rotatable bonds is 4. The van der Waals surface area contributed by atoms with Gasteiger partial charge in [0.2, 0.25) is 5.95 Å². The lowest BCUT2D eigenvalue weighted by Crippen LogP contribution is -2.44. The maximum Gasteiger partial charge on any atom is 0.332 e. The zero-order valence-corrected chi connectivity index (χ0v) is 17.6. The lowest BCUT2D eigenvalue weighted by atomic mass is 10.2. The molecular formula is C19H27N7O3. The van der Waals surface area contributed by atoms with E-state index >= 15 is 0 Å². The molecule has 156 valence electrons. The van der Waals surface area contributed by atoms with Gasteiger partial charge in [0.05, 0.1) is 18.9 Å². The van der Waals surface area contributed by atoms with Crippen LogP contribution >= 0.6 is 0 Å². The van der Waals surface area contributed by atoms with E-state index in [1.165, 1.54) is 9.13 Å². The molecule has 0 saturated carbocycles. The van der Waals surface area contributed by atoms with Crippen LogP contribution in [0.4, 0.5) is 0 Å². The second-order valence-corrected chi connectivity index (χ2v) is 7.60. The molecule has 0 spiro atoms. The van der Waals surface area contributed by atoms with E-state index in [1.807, 2.05) is 20.8 Å². The van der Waals surface area contributed by atoms with E-state index in [2.05, 4.69) is 15.0 Å². The third-order valence-electron chi connectivity index (χ3n) is 5.92. The number of nitrogens with zero attached hydrogens (tertiary/aromatic N) is 7. The van der Waals surface area contributed by atoms with Gasteiger partial charge >= 0.3 is 5.69 Å². The predicted octanol–water partition coefficient (Wildman–Crippen LogP) is -0.123. The number of imidazole rings is 1. The van der Waals surface area contributed by atoms with Crippen LogP contribution < -0.4 is 11.2 Å². The normalized spacial score (nSPS) is 15.5. The van der Waals surface area contributed by atoms with E-state index in [0.717, 1.165) is 30.0 Å². The molecule has 0 bridgehead atoms. The van der Waals surface area contributed by atoms with Crippen molar-refractivity contribution in [2.24, 2.45) is 14.1 Å². The number of hydrogen-bond acceptors (Lipinski definition) is 6. The van der Waals surface area contributed by atoms with Gasteiger partial charge in [-0.1, -0.05) is 0 Å². The molecule has 0 atom stereocenters. The van der Waals surface area contributed by atoms with Crippen LogP contribution in [0.5, 0.6) is 0 Å². The van der Waals surface area contributed by atoms with E-state index in [-0.39, 0.29) is 11.2 Å². The molecule has 0 unspecified atom stereocenters. The van der Waals surface area contributed by atoms with Crippen LogP contribution in [0, 0.1) is 20.8 Å². The van der Waals surface area contributed by atoms with E-state index < -0.39 is 0 Å². The molecule has 29 heavy (non-hydrogen) atoms. The molecule has 4 heterocycles. The first-order valence-electron chi connectivity index (χ1n) is 9.80. The van der Waals surface area contributed by atoms with Crippen LogP contribution in [0.25, 0.3) is 17.1 Å². The molecule has 3 aromatic rings. The van der Waals surface area contributed by atoms with Crippen molar-refractivity contribution in [2.45, 2.75) is 27.3 Å². The Morgan fingerprint density at radius 1 is 1.00 bits per heavy atom. The van der Waals surface area contributed by atoms with Crippen molar-refractivity contribution >= 4 is 11.2 Å². The van der Waals surface area contributed by atoms with Gasteiger partial charge in [0, 0.05) is 46.0 Å². The molecule has 1 fully saturated rings. The minimum atomic E-state index is -0.357. The Bertz CT molecular complexity index is 1190. The maximum atomic E-state index is 13.2. The number of hydrogen-bond donors (Lipinski definition) is 0. The Kier molecular flexibility index (Phi) is 4.91. The van der Waals surface area contributed by atoms with E-state index in [1.54, 1.807) is 23.3 Å². The van der Waals surface area contributed by atoms with Gasteiger partial charge in [-0.05, 0) is 26.3 Å². The van der Waals surface area contributed by atoms with Crippen LogP contribution in [-0.4, -0.2) is 66.2 Å². The van der Waals surface area contributed by atoms with Gasteiger partial charge in [0.25, 0.3) is 5.56 Å². The third kappa shape index (κ3) is 3.12. The molecule has 0 amide bonds. The average Bonchev–Trinajstić information content (AvgIpc) is 3.18. The molecule has 1 saturated heterocycles. The summed E-state index contributed by atoms with van der Waals surface area (Å²) < 4.78 is 11.6. The standard InChI is InChI=1S/C19H27N7O3/c1-12-13(2)21-26(14(12)3)18-20-16-15(22(18)4)17(27)25(19(28)23(16)5)7-6-24-8-10-29-11-9-24/h6-11H2,1-5H3. The molecular weight excluding hydrogens is 374 g/mol. The molecule has 10 nitrogen and oxygen atoms in total. The molecule has 10 heteroatoms. The Hall–Kier alpha value is -2.72. The van der Waals surface area contributed by atoms with Crippen LogP contribution in [0.2, 0.25) is 0 Å². The highest BCUT2D eigenvalue weighted by Crippen LogP contribution is 2.18. The molecule has 0 aromatic carbocycles. The van der Waals surface area contributed by atoms with Gasteiger partial charge in [-0.2, -0.15) is 10.1 Å². The summed E-state index contributed by atoms with van der Waals surface area (Å²) in [6, 6.07) is 0. The molecule has 0 N–H and O–H groups in total. The first-order chi connectivity index (χ1) is 13.8. The van der Waals surface area contributed by atoms with Crippen LogP contribution in [-0.2, 0) is 25.4 Å². The second-order valence-electron chi connectivity index (χ2n) is 7.60. The van der Waals surface area contributed by atoms with E-state index in [9.17, 15) is 9.59 Å². The van der Waals surface area contributed by atoms with Gasteiger partial charge in [-0.25, -0.2) is 9.48 Å². The van der Waals surface area contributed by atoms with Gasteiger partial charge in [-0.15, -0.1) is 0 Å². The van der Waals surface area contributed by atoms with Crippen LogP contribution in [0.15, 0.2) is 9.59 Å². The monoisotopic (exact) mass is 401 g/mol. The maximum absolute atomic E-state index is 13.2. The van der Waals surface area contributed by atoms with Crippen molar-refractivity contribution in [3.63, 3.8) is 0 Å². The van der Waals surface area contributed by atoms with Crippen molar-refractivity contribution in [3.8, 4) is 5.95 Å². The Morgan fingerprint density at radius 2 is 1.69 bits per heavy atom. The number of morpholine rings is 1. The smallest absolute Gasteiger partial charge is 0.332 e. The van der Waals surface area contributed by atoms with E-state index in [4.69, 9.17) is 4.74 Å². The van der Waals surface area contributed by atoms with Crippen LogP contribution in [0.3, 0.4) is 0 Å². The first-order valence-corrected chi connectivity index (χ1v) is 9.80. The zero-order valence-electron chi connectivity index (χ0n) is 17.6. The van der Waals surface area contributed by atoms with Gasteiger partial charge in [0.1, 0.15) is 0 Å². The van der Waals surface area contributed by atoms with E-state index in [0.29, 0.717) is 43.4 Å². The lowest BCUT2D eigenvalue weighted by Gasteiger charge is -2.26. The topological polar surface area (TPSA) is 92.1 Å². The quantitative estimate of drug-likeness (QED) is 0.605. The van der Waals surface area contributed by atoms with Crippen molar-refractivity contribution in [1.29, 1.82) is 0 Å². The second kappa shape index (κ2) is 7.27. The molecule has 0 radical (unpaired) electrons. The molecule has 4 rings (SSSR count). The minimum absolute atomic E-state index is 0.323. The lowest BCUT2D eigenvalue weighted by molar-refractivity contribution is 0.0361. The summed E-state index contributed by atoms with van der Waals surface area (Å²) in [5.74, 6) is 0.520. The van der Waals surface area contributed by atoms with Crippen molar-refractivity contribution in [1.82, 2.24) is 33.4 Å². The van der Waals surface area contributed by atoms with Crippen molar-refractivity contribution < 1.29 is 4.74 Å². The summed E-state index contributed by atoms with van der Waals surface area (Å²) in [7, 11) is 3.44. The number of aromatic nitrogens is 6. The molecule has 1 aliphatic heterocycles. The Morgan fingerprint density at radius 3 is 2.31 bits per heavy atom. The van der Waals surface area contributed by atoms with Crippen molar-refractivity contribution in [3.05, 3.63) is 37.8 Å². The van der Waals surface area contributed by atoms with Gasteiger partial charge in [0.15, 0.2) is 11.2 Å². The summed E-state index contributed by atoms with van der Waals surface area (Å²) in [4.78, 5) is 32.9. The zero-order chi connectivity index (χ0) is 20.9. The highest BCUT2D eigenvalue weighted by molar-refractivity contribution is 5.72. The summed E-state index contributed by atoms with van der Waals surface area (Å²) in [6.45, 7) is 9.86. The first kappa shape index (κ1) is 19.6. The fourth-order valence-corrected chi connectivity index (χ4v) is 3.80. The summed E-state index contributed by atoms with van der Waals surface area (Å²) in [6.07, 6.45) is 0. The van der Waals surface area contributed by atoms with Crippen LogP contribution in [0.1, 0.15) is 17.0 Å². The third-order valence-corrected chi connectivity index (χ3v) is 5.92. The molecule has 0 aliphatic carbocycles. The van der Waals surface area contributed by atoms with Gasteiger partial charge < -0.3 is 9.30 Å². The Labute approximate surface area is 167 Å². The fourth-order valence-electron chi connectivity index (χ4n) is 3.80. The van der Waals surface area contributed by atoms with Gasteiger partial charge in [-0.3, -0.25) is 18.8 Å². The summed E-state index contributed by atoms with van der Waals surface area (Å²) in [5.41, 5.74) is 3.03. The highest BCUT2D eigenvalue weighted by atomic mass is 16.5. The Balaban J connectivity index is 1.82. The SMILES string of the molecule is Cc1nn(-c2nc3c(c(=O)n(CCN4CCOCC4)c(=O)n3C)n2C)c(C)c1C. The summed E-state index contributed by atoms with van der Waals surface area (Å²) in [5, 5.41) is 4.56. The minimum Gasteiger partial charge on any atom is -0.379 e. The molecule has 3 aromatic heterocycles. The molecule has 1 aliphatic rings. The number of ether oxygens (including phenoxy) is 1. The predicted molar refractivity (Wildman–Crippen MR) is 109 cm³/mol. The van der Waals surface area contributed by atoms with Crippen molar-refractivity contribution in [2.75, 3.05) is 32.8 Å². The highest BCUT2D eigenvalue weighted by Gasteiger charge is 2.22. The summed E-state index contributed by atoms with van der Waals surface area (Å²) >= 11 is 0. The fraction of sp³-hybridized carbons (Fsp3) is 0.579. The average molecular weight is 401 g/mol. The largest absolute Gasteiger partial charge is 0.379 e.